The molecule has 0 radical (unpaired) electrons. The number of nitrogens with zero attached hydrogens (tertiary/aromatic N) is 1. The minimum Gasteiger partial charge on any atom is -0.337 e. The Morgan fingerprint density at radius 3 is 3.00 bits per heavy atom. The van der Waals surface area contributed by atoms with Crippen molar-refractivity contribution >= 4 is 21.8 Å². The van der Waals surface area contributed by atoms with Crippen LogP contribution in [0.4, 0.5) is 0 Å². The molecular formula is C14H19BrN2O. The molecule has 1 N–H and O–H groups in total. The largest absolute Gasteiger partial charge is 0.337 e. The van der Waals surface area contributed by atoms with Crippen LogP contribution >= 0.6 is 15.9 Å². The zero-order valence-electron chi connectivity index (χ0n) is 10.9. The first-order valence-corrected chi connectivity index (χ1v) is 7.10. The Kier molecular flexibility index (Phi) is 4.40. The van der Waals surface area contributed by atoms with E-state index in [9.17, 15) is 4.79 Å². The highest BCUT2D eigenvalue weighted by atomic mass is 79.9. The monoisotopic (exact) mass is 310 g/mol. The molecule has 1 aliphatic rings. The fraction of sp³-hybridized carbons (Fsp3) is 0.500. The van der Waals surface area contributed by atoms with Crippen LogP contribution in [0.3, 0.4) is 0 Å². The molecule has 2 rings (SSSR count). The van der Waals surface area contributed by atoms with Crippen LogP contribution in [0.1, 0.15) is 18.1 Å². The lowest BCUT2D eigenvalue weighted by molar-refractivity contribution is -0.131. The molecule has 1 heterocycles. The van der Waals surface area contributed by atoms with Gasteiger partial charge in [0, 0.05) is 37.1 Å². The van der Waals surface area contributed by atoms with Crippen LogP contribution in [0.5, 0.6) is 0 Å². The fourth-order valence-electron chi connectivity index (χ4n) is 2.39. The van der Waals surface area contributed by atoms with E-state index in [-0.39, 0.29) is 11.9 Å². The number of amides is 1. The molecular weight excluding hydrogens is 292 g/mol. The summed E-state index contributed by atoms with van der Waals surface area (Å²) < 4.78 is 1.14. The molecule has 1 fully saturated rings. The van der Waals surface area contributed by atoms with Crippen LogP contribution < -0.4 is 5.32 Å². The van der Waals surface area contributed by atoms with E-state index in [4.69, 9.17) is 0 Å². The van der Waals surface area contributed by atoms with E-state index in [0.29, 0.717) is 0 Å². The third-order valence-corrected chi connectivity index (χ3v) is 4.32. The third kappa shape index (κ3) is 3.12. The molecule has 1 aromatic rings. The van der Waals surface area contributed by atoms with Crippen molar-refractivity contribution < 1.29 is 4.79 Å². The van der Waals surface area contributed by atoms with Gasteiger partial charge in [0.1, 0.15) is 0 Å². The van der Waals surface area contributed by atoms with Gasteiger partial charge in [-0.3, -0.25) is 4.79 Å². The van der Waals surface area contributed by atoms with Gasteiger partial charge in [0.15, 0.2) is 0 Å². The molecule has 1 aromatic carbocycles. The number of benzene rings is 1. The maximum atomic E-state index is 11.6. The van der Waals surface area contributed by atoms with Crippen molar-refractivity contribution in [2.24, 2.45) is 0 Å². The van der Waals surface area contributed by atoms with Gasteiger partial charge in [-0.2, -0.15) is 0 Å². The topological polar surface area (TPSA) is 32.3 Å². The van der Waals surface area contributed by atoms with Crippen LogP contribution in [0.15, 0.2) is 22.7 Å². The molecule has 0 spiro atoms. The second-order valence-electron chi connectivity index (χ2n) is 4.86. The van der Waals surface area contributed by atoms with Crippen molar-refractivity contribution in [3.05, 3.63) is 33.8 Å². The summed E-state index contributed by atoms with van der Waals surface area (Å²) in [7, 11) is 0. The molecule has 98 valence electrons. The SMILES string of the molecule is CC(=O)N1CCNCC1Cc1ccc(C)c(Br)c1. The summed E-state index contributed by atoms with van der Waals surface area (Å²) in [4.78, 5) is 13.6. The van der Waals surface area contributed by atoms with E-state index in [2.05, 4.69) is 46.4 Å². The van der Waals surface area contributed by atoms with Crippen molar-refractivity contribution in [2.75, 3.05) is 19.6 Å². The Morgan fingerprint density at radius 1 is 1.56 bits per heavy atom. The van der Waals surface area contributed by atoms with Gasteiger partial charge in [0.2, 0.25) is 5.91 Å². The van der Waals surface area contributed by atoms with E-state index >= 15 is 0 Å². The summed E-state index contributed by atoms with van der Waals surface area (Å²) in [5.41, 5.74) is 2.51. The Morgan fingerprint density at radius 2 is 2.33 bits per heavy atom. The zero-order valence-corrected chi connectivity index (χ0v) is 12.5. The quantitative estimate of drug-likeness (QED) is 0.907. The summed E-state index contributed by atoms with van der Waals surface area (Å²) in [6.07, 6.45) is 0.908. The van der Waals surface area contributed by atoms with Crippen LogP contribution in [0.2, 0.25) is 0 Å². The Balaban J connectivity index is 2.10. The van der Waals surface area contributed by atoms with Crippen molar-refractivity contribution in [3.63, 3.8) is 0 Å². The number of nitrogens with one attached hydrogen (secondary N) is 1. The Bertz CT molecular complexity index is 447. The van der Waals surface area contributed by atoms with Crippen LogP contribution in [0, 0.1) is 6.92 Å². The van der Waals surface area contributed by atoms with Gasteiger partial charge < -0.3 is 10.2 Å². The van der Waals surface area contributed by atoms with E-state index in [1.54, 1.807) is 6.92 Å². The summed E-state index contributed by atoms with van der Waals surface area (Å²) in [5.74, 6) is 0.174. The van der Waals surface area contributed by atoms with E-state index in [1.807, 2.05) is 4.90 Å². The van der Waals surface area contributed by atoms with Crippen molar-refractivity contribution in [3.8, 4) is 0 Å². The molecule has 0 bridgehead atoms. The number of rotatable bonds is 2. The molecule has 1 unspecified atom stereocenters. The third-order valence-electron chi connectivity index (χ3n) is 3.46. The predicted molar refractivity (Wildman–Crippen MR) is 76.6 cm³/mol. The van der Waals surface area contributed by atoms with Crippen molar-refractivity contribution in [2.45, 2.75) is 26.3 Å². The van der Waals surface area contributed by atoms with Gasteiger partial charge in [-0.1, -0.05) is 28.1 Å². The molecule has 1 atom stereocenters. The molecule has 3 nitrogen and oxygen atoms in total. The number of carbonyl (C=O) groups is 1. The van der Waals surface area contributed by atoms with Crippen molar-refractivity contribution in [1.29, 1.82) is 0 Å². The van der Waals surface area contributed by atoms with Gasteiger partial charge in [-0.25, -0.2) is 0 Å². The lowest BCUT2D eigenvalue weighted by atomic mass is 10.0. The molecule has 0 aromatic heterocycles. The first-order chi connectivity index (χ1) is 8.58. The molecule has 18 heavy (non-hydrogen) atoms. The summed E-state index contributed by atoms with van der Waals surface area (Å²) >= 11 is 3.56. The number of carbonyl (C=O) groups excluding carboxylic acids is 1. The lowest BCUT2D eigenvalue weighted by Crippen LogP contribution is -2.53. The molecule has 0 saturated carbocycles. The highest BCUT2D eigenvalue weighted by Gasteiger charge is 2.24. The van der Waals surface area contributed by atoms with Crippen LogP contribution in [-0.2, 0) is 11.2 Å². The number of hydrogen-bond acceptors (Lipinski definition) is 2. The van der Waals surface area contributed by atoms with Gasteiger partial charge in [0.05, 0.1) is 0 Å². The van der Waals surface area contributed by atoms with E-state index in [0.717, 1.165) is 30.5 Å². The highest BCUT2D eigenvalue weighted by Crippen LogP contribution is 2.20. The summed E-state index contributed by atoms with van der Waals surface area (Å²) in [6.45, 7) is 6.33. The number of piperazine rings is 1. The number of halogens is 1. The lowest BCUT2D eigenvalue weighted by Gasteiger charge is -2.35. The Hall–Kier alpha value is -0.870. The van der Waals surface area contributed by atoms with Gasteiger partial charge >= 0.3 is 0 Å². The number of hydrogen-bond donors (Lipinski definition) is 1. The maximum Gasteiger partial charge on any atom is 0.219 e. The fourth-order valence-corrected chi connectivity index (χ4v) is 2.82. The smallest absolute Gasteiger partial charge is 0.219 e. The maximum absolute atomic E-state index is 11.6. The molecule has 1 saturated heterocycles. The molecule has 4 heteroatoms. The standard InChI is InChI=1S/C14H19BrN2O/c1-10-3-4-12(8-14(10)15)7-13-9-16-5-6-17(13)11(2)18/h3-4,8,13,16H,5-7,9H2,1-2H3. The Labute approximate surface area is 117 Å². The van der Waals surface area contributed by atoms with E-state index < -0.39 is 0 Å². The van der Waals surface area contributed by atoms with Crippen LogP contribution in [-0.4, -0.2) is 36.5 Å². The minimum absolute atomic E-state index is 0.174. The average molecular weight is 311 g/mol. The number of aryl methyl sites for hydroxylation is 1. The van der Waals surface area contributed by atoms with E-state index in [1.165, 1.54) is 11.1 Å². The molecule has 0 aliphatic carbocycles. The normalized spacial score (nSPS) is 19.9. The second kappa shape index (κ2) is 5.85. The first-order valence-electron chi connectivity index (χ1n) is 6.31. The zero-order chi connectivity index (χ0) is 13.1. The van der Waals surface area contributed by atoms with Gasteiger partial charge in [-0.05, 0) is 30.5 Å². The first kappa shape index (κ1) is 13.6. The minimum atomic E-state index is 0.174. The predicted octanol–water partition coefficient (Wildman–Crippen LogP) is 2.12. The summed E-state index contributed by atoms with van der Waals surface area (Å²) in [5, 5.41) is 3.36. The molecule has 1 aliphatic heterocycles. The highest BCUT2D eigenvalue weighted by molar-refractivity contribution is 9.10. The van der Waals surface area contributed by atoms with Gasteiger partial charge in [0.25, 0.3) is 0 Å². The average Bonchev–Trinajstić information content (AvgIpc) is 2.34. The van der Waals surface area contributed by atoms with Gasteiger partial charge in [-0.15, -0.1) is 0 Å². The molecule has 1 amide bonds. The van der Waals surface area contributed by atoms with Crippen molar-refractivity contribution in [1.82, 2.24) is 10.2 Å². The second-order valence-corrected chi connectivity index (χ2v) is 5.71. The van der Waals surface area contributed by atoms with Crippen LogP contribution in [0.25, 0.3) is 0 Å². The summed E-state index contributed by atoms with van der Waals surface area (Å²) in [6, 6.07) is 6.69.